The second kappa shape index (κ2) is 7.09. The summed E-state index contributed by atoms with van der Waals surface area (Å²) in [6.45, 7) is 7.46. The van der Waals surface area contributed by atoms with Gasteiger partial charge in [0.15, 0.2) is 5.75 Å². The van der Waals surface area contributed by atoms with Gasteiger partial charge in [0.2, 0.25) is 5.95 Å². The Bertz CT molecular complexity index is 727. The number of hydrogen-bond donors (Lipinski definition) is 1. The number of nitrogens with two attached hydrogens (primary N) is 1. The van der Waals surface area contributed by atoms with Gasteiger partial charge < -0.3 is 24.8 Å². The van der Waals surface area contributed by atoms with Gasteiger partial charge in [-0.3, -0.25) is 0 Å². The average Bonchev–Trinajstić information content (AvgIpc) is 2.73. The zero-order valence-electron chi connectivity index (χ0n) is 14.4. The van der Waals surface area contributed by atoms with Gasteiger partial charge in [0, 0.05) is 26.7 Å². The van der Waals surface area contributed by atoms with E-state index >= 15 is 0 Å². The van der Waals surface area contributed by atoms with E-state index in [1.165, 1.54) is 6.42 Å². The predicted molar refractivity (Wildman–Crippen MR) is 94.5 cm³/mol. The van der Waals surface area contributed by atoms with Crippen molar-refractivity contribution in [1.82, 2.24) is 14.5 Å². The van der Waals surface area contributed by atoms with E-state index in [0.29, 0.717) is 11.3 Å². The van der Waals surface area contributed by atoms with E-state index in [4.69, 9.17) is 15.5 Å². The lowest BCUT2D eigenvalue weighted by Crippen LogP contribution is -2.32. The first kappa shape index (κ1) is 16.6. The quantitative estimate of drug-likeness (QED) is 0.927. The number of fused-ring (bicyclic) bond motifs is 1. The molecule has 1 saturated heterocycles. The first-order valence-electron chi connectivity index (χ1n) is 8.50. The highest BCUT2D eigenvalue weighted by Gasteiger charge is 2.21. The summed E-state index contributed by atoms with van der Waals surface area (Å²) in [6, 6.07) is 5.54. The molecule has 2 N–H and O–H groups in total. The molecule has 2 heterocycles. The number of imidazole rings is 1. The van der Waals surface area contributed by atoms with Crippen molar-refractivity contribution in [2.24, 2.45) is 12.8 Å². The van der Waals surface area contributed by atoms with Crippen LogP contribution in [0.5, 0.6) is 5.75 Å². The molecule has 0 saturated carbocycles. The van der Waals surface area contributed by atoms with Gasteiger partial charge in [-0.05, 0) is 38.1 Å². The number of primary amides is 1. The molecule has 1 fully saturated rings. The van der Waals surface area contributed by atoms with Crippen LogP contribution < -0.4 is 15.4 Å². The summed E-state index contributed by atoms with van der Waals surface area (Å²) in [4.78, 5) is 20.7. The summed E-state index contributed by atoms with van der Waals surface area (Å²) >= 11 is 0. The smallest absolute Gasteiger partial charge is 0.408 e. The van der Waals surface area contributed by atoms with E-state index in [1.54, 1.807) is 6.07 Å². The van der Waals surface area contributed by atoms with Gasteiger partial charge >= 0.3 is 6.09 Å². The van der Waals surface area contributed by atoms with E-state index < -0.39 is 6.09 Å². The highest BCUT2D eigenvalue weighted by atomic mass is 16.5. The Morgan fingerprint density at radius 1 is 1.29 bits per heavy atom. The molecule has 0 aliphatic carbocycles. The van der Waals surface area contributed by atoms with Crippen molar-refractivity contribution in [3.63, 3.8) is 0 Å². The van der Waals surface area contributed by atoms with Crippen molar-refractivity contribution >= 4 is 23.1 Å². The molecule has 7 nitrogen and oxygen atoms in total. The highest BCUT2D eigenvalue weighted by Crippen LogP contribution is 2.29. The molecule has 0 bridgehead atoms. The number of aromatic nitrogens is 2. The summed E-state index contributed by atoms with van der Waals surface area (Å²) in [7, 11) is 1.99. The van der Waals surface area contributed by atoms with E-state index in [-0.39, 0.29) is 0 Å². The van der Waals surface area contributed by atoms with Crippen molar-refractivity contribution < 1.29 is 9.53 Å². The number of ether oxygens (including phenoxy) is 1. The molecule has 1 amide bonds. The number of rotatable bonds is 4. The number of para-hydroxylation sites is 1. The fraction of sp³-hybridized carbons (Fsp3) is 0.529. The van der Waals surface area contributed by atoms with Gasteiger partial charge in [0.25, 0.3) is 0 Å². The number of anilines is 1. The molecule has 7 heteroatoms. The van der Waals surface area contributed by atoms with E-state index in [1.807, 2.05) is 19.2 Å². The third kappa shape index (κ3) is 3.31. The Hall–Kier alpha value is -2.28. The van der Waals surface area contributed by atoms with Crippen LogP contribution >= 0.6 is 0 Å². The first-order valence-corrected chi connectivity index (χ1v) is 8.50. The maximum Gasteiger partial charge on any atom is 0.410 e. The van der Waals surface area contributed by atoms with Gasteiger partial charge in [-0.2, -0.15) is 0 Å². The van der Waals surface area contributed by atoms with Gasteiger partial charge in [-0.1, -0.05) is 13.0 Å². The van der Waals surface area contributed by atoms with Crippen LogP contribution in [0.15, 0.2) is 18.2 Å². The molecule has 130 valence electrons. The maximum absolute atomic E-state index is 11.1. The van der Waals surface area contributed by atoms with Crippen molar-refractivity contribution in [1.29, 1.82) is 0 Å². The SMILES string of the molecule is CCCN1CCCN(c2nc3c(OC(N)=O)cccc3n2C)CC1. The molecule has 2 aromatic rings. The zero-order valence-corrected chi connectivity index (χ0v) is 14.4. The van der Waals surface area contributed by atoms with E-state index in [9.17, 15) is 4.79 Å². The normalized spacial score (nSPS) is 16.3. The van der Waals surface area contributed by atoms with E-state index in [0.717, 1.165) is 50.6 Å². The number of carbonyl (C=O) groups is 1. The van der Waals surface area contributed by atoms with Gasteiger partial charge in [0.1, 0.15) is 5.52 Å². The predicted octanol–water partition coefficient (Wildman–Crippen LogP) is 1.95. The fourth-order valence-corrected chi connectivity index (χ4v) is 3.36. The van der Waals surface area contributed by atoms with Crippen LogP contribution in [0.1, 0.15) is 19.8 Å². The zero-order chi connectivity index (χ0) is 17.1. The number of benzene rings is 1. The lowest BCUT2D eigenvalue weighted by molar-refractivity contribution is 0.211. The molecule has 1 aliphatic heterocycles. The van der Waals surface area contributed by atoms with Gasteiger partial charge in [-0.15, -0.1) is 0 Å². The monoisotopic (exact) mass is 331 g/mol. The van der Waals surface area contributed by atoms with Crippen LogP contribution in [0.25, 0.3) is 11.0 Å². The summed E-state index contributed by atoms with van der Waals surface area (Å²) in [5.41, 5.74) is 6.75. The Kier molecular flexibility index (Phi) is 4.89. The molecule has 1 aliphatic rings. The second-order valence-corrected chi connectivity index (χ2v) is 6.20. The summed E-state index contributed by atoms with van der Waals surface area (Å²) in [6.07, 6.45) is 1.48. The van der Waals surface area contributed by atoms with Crippen LogP contribution in [-0.2, 0) is 7.05 Å². The minimum Gasteiger partial charge on any atom is -0.408 e. The van der Waals surface area contributed by atoms with Crippen molar-refractivity contribution in [2.75, 3.05) is 37.6 Å². The van der Waals surface area contributed by atoms with Gasteiger partial charge in [0.05, 0.1) is 5.52 Å². The van der Waals surface area contributed by atoms with Crippen molar-refractivity contribution in [3.8, 4) is 5.75 Å². The van der Waals surface area contributed by atoms with Crippen molar-refractivity contribution in [3.05, 3.63) is 18.2 Å². The topological polar surface area (TPSA) is 76.6 Å². The molecule has 24 heavy (non-hydrogen) atoms. The Balaban J connectivity index is 1.89. The number of amides is 1. The standard InChI is InChI=1S/C17H25N5O2/c1-3-8-21-9-5-10-22(12-11-21)17-19-15-13(20(17)2)6-4-7-14(15)24-16(18)23/h4,6-7H,3,5,8-12H2,1-2H3,(H2,18,23). The Morgan fingerprint density at radius 2 is 2.12 bits per heavy atom. The van der Waals surface area contributed by atoms with Crippen molar-refractivity contribution in [2.45, 2.75) is 19.8 Å². The van der Waals surface area contributed by atoms with Crippen LogP contribution in [0, 0.1) is 0 Å². The van der Waals surface area contributed by atoms with Crippen LogP contribution in [0.2, 0.25) is 0 Å². The van der Waals surface area contributed by atoms with Crippen LogP contribution in [0.3, 0.4) is 0 Å². The number of nitrogens with zero attached hydrogens (tertiary/aromatic N) is 4. The Labute approximate surface area is 142 Å². The maximum atomic E-state index is 11.1. The third-order valence-electron chi connectivity index (χ3n) is 4.47. The summed E-state index contributed by atoms with van der Waals surface area (Å²) in [5, 5.41) is 0. The Morgan fingerprint density at radius 3 is 2.88 bits per heavy atom. The van der Waals surface area contributed by atoms with E-state index in [2.05, 4.69) is 21.3 Å². The summed E-state index contributed by atoms with van der Waals surface area (Å²) < 4.78 is 7.15. The second-order valence-electron chi connectivity index (χ2n) is 6.20. The highest BCUT2D eigenvalue weighted by molar-refractivity contribution is 5.87. The number of aryl methyl sites for hydroxylation is 1. The lowest BCUT2D eigenvalue weighted by Gasteiger charge is -2.22. The molecule has 0 radical (unpaired) electrons. The number of carbonyl (C=O) groups excluding carboxylic acids is 1. The first-order chi connectivity index (χ1) is 11.6. The minimum atomic E-state index is -0.820. The lowest BCUT2D eigenvalue weighted by atomic mass is 10.3. The molecule has 0 unspecified atom stereocenters. The molecule has 0 spiro atoms. The molecule has 1 aromatic carbocycles. The fourth-order valence-electron chi connectivity index (χ4n) is 3.36. The molecule has 0 atom stereocenters. The third-order valence-corrected chi connectivity index (χ3v) is 4.47. The summed E-state index contributed by atoms with van der Waals surface area (Å²) in [5.74, 6) is 1.31. The average molecular weight is 331 g/mol. The molecular formula is C17H25N5O2. The minimum absolute atomic E-state index is 0.407. The van der Waals surface area contributed by atoms with Crippen LogP contribution in [-0.4, -0.2) is 53.3 Å². The number of hydrogen-bond acceptors (Lipinski definition) is 5. The molecule has 3 rings (SSSR count). The molecule has 1 aromatic heterocycles. The van der Waals surface area contributed by atoms with Gasteiger partial charge in [-0.25, -0.2) is 9.78 Å². The molecular weight excluding hydrogens is 306 g/mol. The largest absolute Gasteiger partial charge is 0.410 e. The van der Waals surface area contributed by atoms with Crippen LogP contribution in [0.4, 0.5) is 10.7 Å².